The van der Waals surface area contributed by atoms with Gasteiger partial charge in [0.15, 0.2) is 0 Å². The van der Waals surface area contributed by atoms with Crippen molar-refractivity contribution >= 4 is 27.4 Å². The van der Waals surface area contributed by atoms with Gasteiger partial charge in [0.1, 0.15) is 17.1 Å². The van der Waals surface area contributed by atoms with Crippen LogP contribution in [0.3, 0.4) is 0 Å². The van der Waals surface area contributed by atoms with E-state index in [4.69, 9.17) is 0 Å². The molecular weight excluding hydrogens is 370 g/mol. The van der Waals surface area contributed by atoms with Crippen LogP contribution >= 0.6 is 15.9 Å². The summed E-state index contributed by atoms with van der Waals surface area (Å²) in [6.07, 6.45) is 1.71. The maximum Gasteiger partial charge on any atom is 0.387 e. The first-order chi connectivity index (χ1) is 11.0. The van der Waals surface area contributed by atoms with Crippen LogP contribution in [0.15, 0.2) is 47.1 Å². The molecule has 23 heavy (non-hydrogen) atoms. The van der Waals surface area contributed by atoms with Crippen LogP contribution in [0.1, 0.15) is 21.7 Å². The number of ether oxygens (including phenoxy) is 1. The summed E-state index contributed by atoms with van der Waals surface area (Å²) < 4.78 is 31.9. The number of para-hydroxylation sites is 1. The standard InChI is InChI=1S/C16H11BrF2N2O2/c1-9-14(21-8-10(17)6-7-13(21)20-9)15(22)11-4-2-3-5-12(11)23-16(18)19/h2-8,16H,1H3. The van der Waals surface area contributed by atoms with Crippen molar-refractivity contribution in [2.75, 3.05) is 0 Å². The summed E-state index contributed by atoms with van der Waals surface area (Å²) in [4.78, 5) is 17.2. The minimum absolute atomic E-state index is 0.0673. The van der Waals surface area contributed by atoms with E-state index >= 15 is 0 Å². The molecule has 0 aliphatic carbocycles. The molecule has 0 saturated heterocycles. The topological polar surface area (TPSA) is 43.6 Å². The maximum atomic E-state index is 12.9. The first kappa shape index (κ1) is 15.6. The number of imidazole rings is 1. The summed E-state index contributed by atoms with van der Waals surface area (Å²) in [5.41, 5.74) is 1.49. The summed E-state index contributed by atoms with van der Waals surface area (Å²) in [7, 11) is 0. The third kappa shape index (κ3) is 2.96. The van der Waals surface area contributed by atoms with E-state index in [1.165, 1.54) is 18.2 Å². The van der Waals surface area contributed by atoms with E-state index in [1.807, 2.05) is 6.07 Å². The molecule has 0 bridgehead atoms. The number of hydrogen-bond acceptors (Lipinski definition) is 3. The number of alkyl halides is 2. The monoisotopic (exact) mass is 380 g/mol. The second kappa shape index (κ2) is 6.08. The molecule has 2 aromatic heterocycles. The molecule has 0 aliphatic heterocycles. The highest BCUT2D eigenvalue weighted by atomic mass is 79.9. The number of halogens is 3. The number of ketones is 1. The minimum atomic E-state index is -3.00. The summed E-state index contributed by atoms with van der Waals surface area (Å²) in [5.74, 6) is -0.582. The van der Waals surface area contributed by atoms with Crippen molar-refractivity contribution in [3.05, 3.63) is 64.0 Å². The lowest BCUT2D eigenvalue weighted by atomic mass is 10.1. The predicted molar refractivity (Wildman–Crippen MR) is 84.1 cm³/mol. The third-order valence-corrected chi connectivity index (χ3v) is 3.79. The molecule has 0 unspecified atom stereocenters. The molecule has 0 spiro atoms. The van der Waals surface area contributed by atoms with Gasteiger partial charge in [-0.3, -0.25) is 9.20 Å². The third-order valence-electron chi connectivity index (χ3n) is 3.32. The van der Waals surface area contributed by atoms with E-state index in [-0.39, 0.29) is 11.3 Å². The highest BCUT2D eigenvalue weighted by Crippen LogP contribution is 2.25. The van der Waals surface area contributed by atoms with E-state index in [0.717, 1.165) is 4.47 Å². The predicted octanol–water partition coefficient (Wildman–Crippen LogP) is 4.24. The summed E-state index contributed by atoms with van der Waals surface area (Å²) in [5, 5.41) is 0. The van der Waals surface area contributed by atoms with Crippen molar-refractivity contribution in [3.8, 4) is 5.75 Å². The largest absolute Gasteiger partial charge is 0.434 e. The number of carbonyl (C=O) groups is 1. The van der Waals surface area contributed by atoms with Crippen LogP contribution in [-0.2, 0) is 0 Å². The van der Waals surface area contributed by atoms with E-state index in [9.17, 15) is 13.6 Å². The zero-order valence-corrected chi connectivity index (χ0v) is 13.5. The lowest BCUT2D eigenvalue weighted by molar-refractivity contribution is -0.0501. The van der Waals surface area contributed by atoms with Crippen LogP contribution in [-0.4, -0.2) is 21.8 Å². The Morgan fingerprint density at radius 2 is 2.00 bits per heavy atom. The summed E-state index contributed by atoms with van der Waals surface area (Å²) in [6, 6.07) is 9.50. The van der Waals surface area contributed by atoms with E-state index in [2.05, 4.69) is 25.7 Å². The van der Waals surface area contributed by atoms with Crippen molar-refractivity contribution in [3.63, 3.8) is 0 Å². The number of aromatic nitrogens is 2. The number of aryl methyl sites for hydroxylation is 1. The molecule has 0 saturated carbocycles. The Labute approximate surface area is 138 Å². The van der Waals surface area contributed by atoms with Crippen LogP contribution in [0, 0.1) is 6.92 Å². The zero-order chi connectivity index (χ0) is 16.6. The lowest BCUT2D eigenvalue weighted by Crippen LogP contribution is -2.11. The zero-order valence-electron chi connectivity index (χ0n) is 12.0. The van der Waals surface area contributed by atoms with Crippen LogP contribution in [0.2, 0.25) is 0 Å². The lowest BCUT2D eigenvalue weighted by Gasteiger charge is -2.10. The molecule has 0 radical (unpaired) electrons. The maximum absolute atomic E-state index is 12.9. The van der Waals surface area contributed by atoms with Crippen molar-refractivity contribution in [1.29, 1.82) is 0 Å². The molecule has 4 nitrogen and oxygen atoms in total. The van der Waals surface area contributed by atoms with Gasteiger partial charge in [-0.25, -0.2) is 4.98 Å². The highest BCUT2D eigenvalue weighted by molar-refractivity contribution is 9.10. The van der Waals surface area contributed by atoms with Crippen LogP contribution in [0.5, 0.6) is 5.75 Å². The first-order valence-corrected chi connectivity index (χ1v) is 7.49. The number of benzene rings is 1. The Morgan fingerprint density at radius 3 is 2.74 bits per heavy atom. The average molecular weight is 381 g/mol. The van der Waals surface area contributed by atoms with E-state index in [1.54, 1.807) is 29.7 Å². The molecule has 0 aliphatic rings. The van der Waals surface area contributed by atoms with E-state index in [0.29, 0.717) is 17.0 Å². The molecule has 0 atom stereocenters. The van der Waals surface area contributed by atoms with Gasteiger partial charge >= 0.3 is 6.61 Å². The molecule has 0 fully saturated rings. The second-order valence-corrected chi connectivity index (χ2v) is 5.74. The number of pyridine rings is 1. The van der Waals surface area contributed by atoms with Crippen molar-refractivity contribution in [1.82, 2.24) is 9.38 Å². The van der Waals surface area contributed by atoms with Gasteiger partial charge in [0.25, 0.3) is 0 Å². The Kier molecular flexibility index (Phi) is 4.12. The molecule has 3 aromatic rings. The molecule has 2 heterocycles. The number of rotatable bonds is 4. The van der Waals surface area contributed by atoms with E-state index < -0.39 is 12.4 Å². The fourth-order valence-corrected chi connectivity index (χ4v) is 2.73. The van der Waals surface area contributed by atoms with Gasteiger partial charge in [0.2, 0.25) is 5.78 Å². The Balaban J connectivity index is 2.15. The second-order valence-electron chi connectivity index (χ2n) is 4.83. The van der Waals surface area contributed by atoms with Gasteiger partial charge in [0, 0.05) is 10.7 Å². The van der Waals surface area contributed by atoms with Crippen molar-refractivity contribution < 1.29 is 18.3 Å². The average Bonchev–Trinajstić information content (AvgIpc) is 2.81. The summed E-state index contributed by atoms with van der Waals surface area (Å²) >= 11 is 3.34. The van der Waals surface area contributed by atoms with Gasteiger partial charge in [-0.1, -0.05) is 12.1 Å². The van der Waals surface area contributed by atoms with Gasteiger partial charge in [-0.05, 0) is 47.1 Å². The number of hydrogen-bond donors (Lipinski definition) is 0. The smallest absolute Gasteiger partial charge is 0.387 e. The number of fused-ring (bicyclic) bond motifs is 1. The molecular formula is C16H11BrF2N2O2. The SMILES string of the molecule is Cc1nc2ccc(Br)cn2c1C(=O)c1ccccc1OC(F)F. The Hall–Kier alpha value is -2.28. The fourth-order valence-electron chi connectivity index (χ4n) is 2.39. The fraction of sp³-hybridized carbons (Fsp3) is 0.125. The first-order valence-electron chi connectivity index (χ1n) is 6.70. The van der Waals surface area contributed by atoms with Crippen LogP contribution < -0.4 is 4.74 Å². The van der Waals surface area contributed by atoms with Crippen molar-refractivity contribution in [2.45, 2.75) is 13.5 Å². The van der Waals surface area contributed by atoms with Crippen LogP contribution in [0.4, 0.5) is 8.78 Å². The highest BCUT2D eigenvalue weighted by Gasteiger charge is 2.22. The normalized spacial score (nSPS) is 11.2. The van der Waals surface area contributed by atoms with Crippen molar-refractivity contribution in [2.24, 2.45) is 0 Å². The quantitative estimate of drug-likeness (QED) is 0.635. The molecule has 7 heteroatoms. The molecule has 0 N–H and O–H groups in total. The van der Waals surface area contributed by atoms with Gasteiger partial charge in [-0.2, -0.15) is 8.78 Å². The van der Waals surface area contributed by atoms with Gasteiger partial charge in [-0.15, -0.1) is 0 Å². The summed E-state index contributed by atoms with van der Waals surface area (Å²) in [6.45, 7) is -1.30. The number of carbonyl (C=O) groups excluding carboxylic acids is 1. The van der Waals surface area contributed by atoms with Crippen LogP contribution in [0.25, 0.3) is 5.65 Å². The Morgan fingerprint density at radius 1 is 1.26 bits per heavy atom. The molecule has 118 valence electrons. The number of nitrogens with zero attached hydrogens (tertiary/aromatic N) is 2. The van der Waals surface area contributed by atoms with Gasteiger partial charge in [0.05, 0.1) is 11.3 Å². The minimum Gasteiger partial charge on any atom is -0.434 e. The molecule has 0 amide bonds. The molecule has 3 rings (SSSR count). The Bertz CT molecular complexity index is 893. The molecule has 1 aromatic carbocycles. The van der Waals surface area contributed by atoms with Gasteiger partial charge < -0.3 is 4.74 Å².